The van der Waals surface area contributed by atoms with Crippen LogP contribution in [-0.2, 0) is 0 Å². The second-order valence-corrected chi connectivity index (χ2v) is 5.34. The van der Waals surface area contributed by atoms with Crippen LogP contribution < -0.4 is 5.32 Å². The van der Waals surface area contributed by atoms with E-state index in [4.69, 9.17) is 18.2 Å². The number of hydrogen-bond donors (Lipinski definition) is 2. The predicted molar refractivity (Wildman–Crippen MR) is 69.4 cm³/mol. The van der Waals surface area contributed by atoms with Crippen LogP contribution in [-0.4, -0.2) is 22.7 Å². The van der Waals surface area contributed by atoms with Crippen molar-refractivity contribution in [3.8, 4) is 0 Å². The van der Waals surface area contributed by atoms with Crippen LogP contribution in [0.5, 0.6) is 0 Å². The van der Waals surface area contributed by atoms with Crippen molar-refractivity contribution < 1.29 is 9.50 Å². The molecule has 1 aromatic heterocycles. The van der Waals surface area contributed by atoms with Gasteiger partial charge in [-0.15, -0.1) is 0 Å². The van der Waals surface area contributed by atoms with Crippen LogP contribution in [0.4, 0.5) is 15.9 Å². The molecule has 6 heteroatoms. The minimum absolute atomic E-state index is 0.0315. The molecule has 0 radical (unpaired) electrons. The summed E-state index contributed by atoms with van der Waals surface area (Å²) in [6, 6.07) is 0.663. The maximum Gasteiger partial charge on any atom is 0.226 e. The van der Waals surface area contributed by atoms with E-state index in [1.807, 2.05) is 20.8 Å². The van der Waals surface area contributed by atoms with Gasteiger partial charge in [0.15, 0.2) is 11.6 Å². The van der Waals surface area contributed by atoms with E-state index in [2.05, 4.69) is 15.1 Å². The minimum Gasteiger partial charge on any atom is -0.394 e. The normalized spacial score (nSPS) is 12.9. The smallest absolute Gasteiger partial charge is 0.226 e. The summed E-state index contributed by atoms with van der Waals surface area (Å²) < 4.78 is 13.7. The van der Waals surface area contributed by atoms with E-state index < -0.39 is 5.82 Å². The molecule has 98 valence electrons. The van der Waals surface area contributed by atoms with E-state index >= 15 is 0 Å². The molecule has 1 aromatic rings. The van der Waals surface area contributed by atoms with Gasteiger partial charge in [-0.2, -0.15) is 0 Å². The highest BCUT2D eigenvalue weighted by Crippen LogP contribution is 2.29. The molecule has 0 fully saturated rings. The molecule has 0 aliphatic carbocycles. The number of aromatic nitrogens is 1. The maximum absolute atomic E-state index is 13.7. The van der Waals surface area contributed by atoms with Crippen LogP contribution in [0.15, 0.2) is 6.07 Å². The minimum atomic E-state index is -0.659. The fraction of sp³-hybridized carbons (Fsp3) is 0.500. The van der Waals surface area contributed by atoms with Crippen molar-refractivity contribution in [3.63, 3.8) is 0 Å². The molecule has 0 spiro atoms. The number of aliphatic hydroxyl groups is 1. The van der Waals surface area contributed by atoms with Crippen LogP contribution in [0.2, 0.25) is 5.15 Å². The molecular weight excluding hydrogens is 257 g/mol. The first-order chi connectivity index (χ1) is 8.29. The van der Waals surface area contributed by atoms with Crippen molar-refractivity contribution in [3.05, 3.63) is 28.5 Å². The zero-order valence-corrected chi connectivity index (χ0v) is 11.2. The summed E-state index contributed by atoms with van der Waals surface area (Å²) >= 11 is 5.75. The van der Waals surface area contributed by atoms with E-state index in [9.17, 15) is 9.50 Å². The average molecular weight is 272 g/mol. The zero-order chi connectivity index (χ0) is 13.9. The van der Waals surface area contributed by atoms with E-state index in [0.717, 1.165) is 6.07 Å². The molecule has 0 amide bonds. The second kappa shape index (κ2) is 5.51. The lowest BCUT2D eigenvalue weighted by Crippen LogP contribution is -2.37. The molecule has 0 aromatic carbocycles. The van der Waals surface area contributed by atoms with Crippen molar-refractivity contribution in [1.82, 2.24) is 4.98 Å². The van der Waals surface area contributed by atoms with Gasteiger partial charge in [0.05, 0.1) is 19.2 Å². The van der Waals surface area contributed by atoms with Gasteiger partial charge in [0, 0.05) is 0 Å². The molecule has 0 aliphatic rings. The molecule has 0 bridgehead atoms. The van der Waals surface area contributed by atoms with Crippen LogP contribution >= 0.6 is 11.6 Å². The molecule has 2 N–H and O–H groups in total. The molecule has 4 nitrogen and oxygen atoms in total. The Morgan fingerprint density at radius 2 is 2.22 bits per heavy atom. The lowest BCUT2D eigenvalue weighted by molar-refractivity contribution is 0.201. The number of nitrogens with one attached hydrogen (secondary N) is 1. The molecular formula is C12H15ClFN3O. The molecule has 1 heterocycles. The third-order valence-electron chi connectivity index (χ3n) is 2.57. The quantitative estimate of drug-likeness (QED) is 0.655. The average Bonchev–Trinajstić information content (AvgIpc) is 2.27. The lowest BCUT2D eigenvalue weighted by atomic mass is 9.87. The highest BCUT2D eigenvalue weighted by atomic mass is 35.5. The van der Waals surface area contributed by atoms with Gasteiger partial charge in [0.1, 0.15) is 5.15 Å². The van der Waals surface area contributed by atoms with E-state index in [0.29, 0.717) is 0 Å². The van der Waals surface area contributed by atoms with Gasteiger partial charge in [-0.3, -0.25) is 0 Å². The standard InChI is InChI=1S/C12H15ClFN3O/c1-12(2,3)9(6-18)16-11-7(14)5-8(15-4)10(13)17-11/h5,9,18H,6H2,1-3H3,(H,16,17)/t9-/m1/s1. The Hall–Kier alpha value is -1.38. The monoisotopic (exact) mass is 271 g/mol. The number of rotatable bonds is 3. The third-order valence-corrected chi connectivity index (χ3v) is 2.85. The molecule has 1 atom stereocenters. The van der Waals surface area contributed by atoms with E-state index in [1.165, 1.54) is 0 Å². The maximum atomic E-state index is 13.7. The Morgan fingerprint density at radius 1 is 1.61 bits per heavy atom. The van der Waals surface area contributed by atoms with Crippen molar-refractivity contribution in [1.29, 1.82) is 0 Å². The Morgan fingerprint density at radius 3 is 2.67 bits per heavy atom. The van der Waals surface area contributed by atoms with Crippen LogP contribution in [0.3, 0.4) is 0 Å². The van der Waals surface area contributed by atoms with Gasteiger partial charge in [0.2, 0.25) is 5.69 Å². The Kier molecular flexibility index (Phi) is 4.49. The van der Waals surface area contributed by atoms with Crippen molar-refractivity contribution >= 4 is 23.1 Å². The molecule has 18 heavy (non-hydrogen) atoms. The first kappa shape index (κ1) is 14.7. The molecule has 1 rings (SSSR count). The van der Waals surface area contributed by atoms with E-state index in [-0.39, 0.29) is 34.7 Å². The van der Waals surface area contributed by atoms with Gasteiger partial charge >= 0.3 is 0 Å². The van der Waals surface area contributed by atoms with Crippen molar-refractivity contribution in [2.45, 2.75) is 26.8 Å². The van der Waals surface area contributed by atoms with Crippen LogP contribution in [0.1, 0.15) is 20.8 Å². The van der Waals surface area contributed by atoms with Gasteiger partial charge < -0.3 is 10.4 Å². The van der Waals surface area contributed by atoms with Crippen molar-refractivity contribution in [2.75, 3.05) is 11.9 Å². The predicted octanol–water partition coefficient (Wildman–Crippen LogP) is 3.24. The summed E-state index contributed by atoms with van der Waals surface area (Å²) in [5.74, 6) is -0.713. The zero-order valence-electron chi connectivity index (χ0n) is 10.5. The third kappa shape index (κ3) is 3.31. The lowest BCUT2D eigenvalue weighted by Gasteiger charge is -2.30. The molecule has 0 unspecified atom stereocenters. The second-order valence-electron chi connectivity index (χ2n) is 4.99. The molecule has 0 saturated heterocycles. The summed E-state index contributed by atoms with van der Waals surface area (Å²) in [6.45, 7) is 12.4. The molecule has 0 saturated carbocycles. The number of hydrogen-bond acceptors (Lipinski definition) is 3. The topological polar surface area (TPSA) is 49.5 Å². The number of anilines is 1. The van der Waals surface area contributed by atoms with Gasteiger partial charge in [-0.25, -0.2) is 14.2 Å². The number of nitrogens with zero attached hydrogens (tertiary/aromatic N) is 2. The Bertz CT molecular complexity index is 479. The van der Waals surface area contributed by atoms with Crippen LogP contribution in [0, 0.1) is 17.8 Å². The highest BCUT2D eigenvalue weighted by molar-refractivity contribution is 6.32. The molecule has 0 aliphatic heterocycles. The fourth-order valence-corrected chi connectivity index (χ4v) is 1.52. The summed E-state index contributed by atoms with van der Waals surface area (Å²) in [7, 11) is 0. The Labute approximate surface area is 111 Å². The van der Waals surface area contributed by atoms with Gasteiger partial charge in [0.25, 0.3) is 0 Å². The number of pyridine rings is 1. The SMILES string of the molecule is [C-]#[N+]c1cc(F)c(N[C@H](CO)C(C)(C)C)nc1Cl. The van der Waals surface area contributed by atoms with Crippen LogP contribution in [0.25, 0.3) is 4.85 Å². The first-order valence-corrected chi connectivity index (χ1v) is 5.78. The van der Waals surface area contributed by atoms with Crippen molar-refractivity contribution in [2.24, 2.45) is 5.41 Å². The fourth-order valence-electron chi connectivity index (χ4n) is 1.34. The summed E-state index contributed by atoms with van der Waals surface area (Å²) in [5, 5.41) is 12.0. The van der Waals surface area contributed by atoms with Gasteiger partial charge in [-0.1, -0.05) is 32.4 Å². The number of aliphatic hydroxyl groups excluding tert-OH is 1. The summed E-state index contributed by atoms with van der Waals surface area (Å²) in [6.07, 6.45) is 0. The highest BCUT2D eigenvalue weighted by Gasteiger charge is 2.25. The first-order valence-electron chi connectivity index (χ1n) is 5.40. The summed E-state index contributed by atoms with van der Waals surface area (Å²) in [4.78, 5) is 6.86. The number of halogens is 2. The van der Waals surface area contributed by atoms with Gasteiger partial charge in [-0.05, 0) is 11.5 Å². The largest absolute Gasteiger partial charge is 0.394 e. The summed E-state index contributed by atoms with van der Waals surface area (Å²) in [5.41, 5.74) is -0.301. The Balaban J connectivity index is 3.05. The van der Waals surface area contributed by atoms with E-state index in [1.54, 1.807) is 0 Å².